The molecule has 4 aromatic heterocycles. The van der Waals surface area contributed by atoms with E-state index >= 15 is 0 Å². The maximum absolute atomic E-state index is 8.49. The van der Waals surface area contributed by atoms with E-state index in [1.54, 1.807) is 22.7 Å². The Labute approximate surface area is 153 Å². The standard InChI is InChI=1S/C17H12NS2.ClHO4/c1(2-14-5-9-19-12-14)13-3-7-18-8-4-15-6-10-20-17(15)16(18)11-13;2-1(3,4)5/h1-12H;(H,2,3,4,5)/q+1;/p-1/b2-1+;. The van der Waals surface area contributed by atoms with Crippen LogP contribution >= 0.6 is 22.7 Å². The average molecular weight is 394 g/mol. The minimum Gasteiger partial charge on any atom is -0.222 e. The van der Waals surface area contributed by atoms with Gasteiger partial charge in [-0.3, -0.25) is 0 Å². The van der Waals surface area contributed by atoms with Crippen molar-refractivity contribution in [1.82, 2.24) is 0 Å². The highest BCUT2D eigenvalue weighted by Gasteiger charge is 2.08. The zero-order valence-electron chi connectivity index (χ0n) is 12.7. The van der Waals surface area contributed by atoms with E-state index in [2.05, 4.69) is 75.4 Å². The molecule has 0 radical (unpaired) electrons. The van der Waals surface area contributed by atoms with Crippen molar-refractivity contribution < 1.29 is 33.3 Å². The summed E-state index contributed by atoms with van der Waals surface area (Å²) in [5.41, 5.74) is 3.76. The van der Waals surface area contributed by atoms with Crippen LogP contribution in [0.25, 0.3) is 27.8 Å². The molecule has 0 saturated heterocycles. The molecule has 4 rings (SSSR count). The molecule has 8 heteroatoms. The van der Waals surface area contributed by atoms with Gasteiger partial charge in [0, 0.05) is 23.6 Å². The molecule has 4 heterocycles. The third kappa shape index (κ3) is 5.07. The van der Waals surface area contributed by atoms with Crippen LogP contribution in [0.15, 0.2) is 58.9 Å². The van der Waals surface area contributed by atoms with Crippen molar-refractivity contribution in [3.05, 3.63) is 70.0 Å². The van der Waals surface area contributed by atoms with Gasteiger partial charge in [0.1, 0.15) is 4.70 Å². The van der Waals surface area contributed by atoms with E-state index in [-0.39, 0.29) is 0 Å². The Hall–Kier alpha value is -1.84. The molecule has 0 spiro atoms. The molecule has 0 bridgehead atoms. The van der Waals surface area contributed by atoms with E-state index in [0.717, 1.165) is 0 Å². The van der Waals surface area contributed by atoms with Gasteiger partial charge < -0.3 is 0 Å². The smallest absolute Gasteiger partial charge is 0.222 e. The first kappa shape index (κ1) is 18.0. The van der Waals surface area contributed by atoms with Gasteiger partial charge >= 0.3 is 0 Å². The fourth-order valence-corrected chi connectivity index (χ4v) is 3.86. The maximum Gasteiger partial charge on any atom is 0.229 e. The minimum atomic E-state index is -4.94. The van der Waals surface area contributed by atoms with Gasteiger partial charge in [-0.2, -0.15) is 15.7 Å². The first-order valence-corrected chi connectivity index (χ1v) is 10.1. The number of halogens is 1. The Morgan fingerprint density at radius 3 is 2.32 bits per heavy atom. The highest BCUT2D eigenvalue weighted by Crippen LogP contribution is 2.24. The van der Waals surface area contributed by atoms with Gasteiger partial charge in [-0.25, -0.2) is 18.6 Å². The summed E-state index contributed by atoms with van der Waals surface area (Å²) in [4.78, 5) is 0. The third-order valence-electron chi connectivity index (χ3n) is 3.36. The van der Waals surface area contributed by atoms with Crippen LogP contribution in [0.1, 0.15) is 11.1 Å². The van der Waals surface area contributed by atoms with Crippen LogP contribution in [0.3, 0.4) is 0 Å². The Balaban J connectivity index is 0.000000324. The van der Waals surface area contributed by atoms with Gasteiger partial charge in [0.25, 0.3) is 0 Å². The van der Waals surface area contributed by atoms with Gasteiger partial charge in [-0.15, -0.1) is 21.6 Å². The quantitative estimate of drug-likeness (QED) is 0.452. The average Bonchev–Trinajstić information content (AvgIpc) is 3.22. The molecular formula is C17H12ClNO4S2. The second-order valence-corrected chi connectivity index (χ2v) is 7.49. The number of nitrogens with zero attached hydrogens (tertiary/aromatic N) is 1. The summed E-state index contributed by atoms with van der Waals surface area (Å²) >= 11 is 3.52. The fraction of sp³-hybridized carbons (Fsp3) is 0. The summed E-state index contributed by atoms with van der Waals surface area (Å²) in [5, 5.41) is 7.72. The molecule has 0 fully saturated rings. The molecule has 0 saturated carbocycles. The van der Waals surface area contributed by atoms with E-state index in [0.29, 0.717) is 0 Å². The minimum absolute atomic E-state index is 1.23. The molecule has 25 heavy (non-hydrogen) atoms. The van der Waals surface area contributed by atoms with E-state index in [1.165, 1.54) is 26.7 Å². The molecule has 0 N–H and O–H groups in total. The highest BCUT2D eigenvalue weighted by atomic mass is 35.7. The van der Waals surface area contributed by atoms with Crippen LogP contribution in [-0.2, 0) is 0 Å². The predicted molar refractivity (Wildman–Crippen MR) is 88.2 cm³/mol. The first-order chi connectivity index (χ1) is 11.9. The molecule has 0 atom stereocenters. The molecule has 0 aliphatic rings. The Kier molecular flexibility index (Phi) is 5.45. The molecular weight excluding hydrogens is 382 g/mol. The molecule has 0 aliphatic heterocycles. The van der Waals surface area contributed by atoms with E-state index < -0.39 is 10.2 Å². The summed E-state index contributed by atoms with van der Waals surface area (Å²) in [7, 11) is -4.94. The van der Waals surface area contributed by atoms with Crippen molar-refractivity contribution in [2.24, 2.45) is 0 Å². The molecule has 5 nitrogen and oxygen atoms in total. The van der Waals surface area contributed by atoms with Crippen molar-refractivity contribution in [2.45, 2.75) is 0 Å². The van der Waals surface area contributed by atoms with Gasteiger partial charge in [0.05, 0.1) is 0 Å². The van der Waals surface area contributed by atoms with E-state index in [4.69, 9.17) is 18.6 Å². The summed E-state index contributed by atoms with van der Waals surface area (Å²) in [6.45, 7) is 0. The van der Waals surface area contributed by atoms with Gasteiger partial charge in [-0.05, 0) is 39.4 Å². The Bertz CT molecular complexity index is 1000. The van der Waals surface area contributed by atoms with E-state index in [1.807, 2.05) is 0 Å². The van der Waals surface area contributed by atoms with E-state index in [9.17, 15) is 0 Å². The van der Waals surface area contributed by atoms with Crippen LogP contribution < -0.4 is 23.0 Å². The molecule has 128 valence electrons. The number of aromatic nitrogens is 1. The summed E-state index contributed by atoms with van der Waals surface area (Å²) < 4.78 is 37.5. The number of pyridine rings is 2. The van der Waals surface area contributed by atoms with Crippen molar-refractivity contribution in [3.8, 4) is 0 Å². The van der Waals surface area contributed by atoms with Gasteiger partial charge in [0.2, 0.25) is 5.52 Å². The summed E-state index contributed by atoms with van der Waals surface area (Å²) in [6.07, 6.45) is 8.59. The summed E-state index contributed by atoms with van der Waals surface area (Å²) in [5.74, 6) is 0. The van der Waals surface area contributed by atoms with Gasteiger partial charge in [0.15, 0.2) is 12.4 Å². The van der Waals surface area contributed by atoms with Crippen LogP contribution in [0, 0.1) is 10.2 Å². The second kappa shape index (κ2) is 7.59. The Morgan fingerprint density at radius 1 is 0.880 bits per heavy atom. The monoisotopic (exact) mass is 393 g/mol. The molecule has 0 aromatic carbocycles. The van der Waals surface area contributed by atoms with Crippen molar-refractivity contribution >= 4 is 50.4 Å². The van der Waals surface area contributed by atoms with Crippen LogP contribution in [0.5, 0.6) is 0 Å². The van der Waals surface area contributed by atoms with Gasteiger partial charge in [-0.1, -0.05) is 12.2 Å². The lowest BCUT2D eigenvalue weighted by atomic mass is 10.2. The zero-order valence-corrected chi connectivity index (χ0v) is 15.1. The number of rotatable bonds is 2. The fourth-order valence-electron chi connectivity index (χ4n) is 2.33. The molecule has 0 unspecified atom stereocenters. The summed E-state index contributed by atoms with van der Waals surface area (Å²) in [6, 6.07) is 10.9. The number of hydrogen-bond donors (Lipinski definition) is 0. The van der Waals surface area contributed by atoms with Crippen molar-refractivity contribution in [1.29, 1.82) is 0 Å². The second-order valence-electron chi connectivity index (χ2n) is 5.04. The molecule has 0 aliphatic carbocycles. The number of thiophene rings is 2. The molecule has 0 amide bonds. The number of fused-ring (bicyclic) bond motifs is 3. The van der Waals surface area contributed by atoms with Crippen LogP contribution in [-0.4, -0.2) is 0 Å². The highest BCUT2D eigenvalue weighted by molar-refractivity contribution is 7.18. The third-order valence-corrected chi connectivity index (χ3v) is 5.02. The SMILES string of the molecule is C(=C\c1cc[n+]2ccc3ccsc3c2c1)/c1ccsc1.[O-][Cl+3]([O-])([O-])[O-]. The first-order valence-electron chi connectivity index (χ1n) is 7.03. The lowest BCUT2D eigenvalue weighted by Crippen LogP contribution is -2.68. The van der Waals surface area contributed by atoms with Crippen molar-refractivity contribution in [3.63, 3.8) is 0 Å². The predicted octanol–water partition coefficient (Wildman–Crippen LogP) is 0.116. The van der Waals surface area contributed by atoms with Crippen LogP contribution in [0.4, 0.5) is 0 Å². The normalized spacial score (nSPS) is 11.8. The Morgan fingerprint density at radius 2 is 1.60 bits per heavy atom. The lowest BCUT2D eigenvalue weighted by molar-refractivity contribution is -2.00. The maximum atomic E-state index is 8.49. The topological polar surface area (TPSA) is 96.3 Å². The van der Waals surface area contributed by atoms with Crippen molar-refractivity contribution in [2.75, 3.05) is 0 Å². The largest absolute Gasteiger partial charge is 0.229 e. The van der Waals surface area contributed by atoms with Crippen LogP contribution in [0.2, 0.25) is 0 Å². The lowest BCUT2D eigenvalue weighted by Gasteiger charge is -2.17. The zero-order chi connectivity index (χ0) is 17.9. The molecule has 4 aromatic rings. The number of hydrogen-bond acceptors (Lipinski definition) is 6.